The van der Waals surface area contributed by atoms with E-state index in [9.17, 15) is 18.0 Å². The number of hydrogen-bond donors (Lipinski definition) is 2. The van der Waals surface area contributed by atoms with Crippen LogP contribution in [0.25, 0.3) is 17.0 Å². The number of carbonyl (C=O) groups excluding carboxylic acids is 2. The predicted octanol–water partition coefficient (Wildman–Crippen LogP) is 1.77. The van der Waals surface area contributed by atoms with E-state index in [1.54, 1.807) is 18.3 Å². The summed E-state index contributed by atoms with van der Waals surface area (Å²) in [5.41, 5.74) is 2.54. The highest BCUT2D eigenvalue weighted by Crippen LogP contribution is 2.22. The van der Waals surface area contributed by atoms with Gasteiger partial charge in [-0.3, -0.25) is 14.0 Å². The van der Waals surface area contributed by atoms with Crippen LogP contribution in [0.2, 0.25) is 0 Å². The maximum absolute atomic E-state index is 12.7. The van der Waals surface area contributed by atoms with Crippen molar-refractivity contribution >= 4 is 33.3 Å². The molecule has 172 valence electrons. The molecule has 1 aliphatic heterocycles. The van der Waals surface area contributed by atoms with E-state index in [2.05, 4.69) is 20.6 Å². The number of fused-ring (bicyclic) bond motifs is 1. The smallest absolute Gasteiger partial charge is 0.255 e. The Morgan fingerprint density at radius 3 is 2.53 bits per heavy atom. The molecule has 0 saturated carbocycles. The molecular weight excluding hydrogens is 456 g/mol. The fourth-order valence-electron chi connectivity index (χ4n) is 3.64. The van der Waals surface area contributed by atoms with Gasteiger partial charge in [-0.25, -0.2) is 18.4 Å². The summed E-state index contributed by atoms with van der Waals surface area (Å²) in [5.74, 6) is -0.107. The van der Waals surface area contributed by atoms with E-state index in [4.69, 9.17) is 0 Å². The molecule has 0 bridgehead atoms. The van der Waals surface area contributed by atoms with E-state index in [1.807, 2.05) is 35.0 Å². The van der Waals surface area contributed by atoms with Crippen LogP contribution in [0.3, 0.4) is 0 Å². The monoisotopic (exact) mass is 476 g/mol. The van der Waals surface area contributed by atoms with Crippen LogP contribution in [0.5, 0.6) is 0 Å². The third-order valence-electron chi connectivity index (χ3n) is 5.43. The Morgan fingerprint density at radius 2 is 1.82 bits per heavy atom. The average molecular weight is 477 g/mol. The first kappa shape index (κ1) is 21.7. The van der Waals surface area contributed by atoms with Gasteiger partial charge < -0.3 is 10.6 Å². The Morgan fingerprint density at radius 1 is 1.06 bits per heavy atom. The van der Waals surface area contributed by atoms with Gasteiger partial charge in [0.1, 0.15) is 0 Å². The van der Waals surface area contributed by atoms with E-state index < -0.39 is 10.0 Å². The molecule has 11 heteroatoms. The van der Waals surface area contributed by atoms with Crippen LogP contribution >= 0.6 is 0 Å². The molecule has 2 N–H and O–H groups in total. The molecule has 5 rings (SSSR count). The van der Waals surface area contributed by atoms with Crippen molar-refractivity contribution < 1.29 is 18.0 Å². The van der Waals surface area contributed by atoms with Gasteiger partial charge in [-0.2, -0.15) is 4.31 Å². The van der Waals surface area contributed by atoms with E-state index in [0.29, 0.717) is 17.0 Å². The van der Waals surface area contributed by atoms with E-state index in [1.165, 1.54) is 24.3 Å². The number of benzene rings is 2. The van der Waals surface area contributed by atoms with Gasteiger partial charge in [-0.05, 0) is 42.5 Å². The number of piperazine rings is 1. The normalized spacial score (nSPS) is 14.6. The summed E-state index contributed by atoms with van der Waals surface area (Å²) < 4.78 is 28.4. The molecule has 0 aliphatic carbocycles. The lowest BCUT2D eigenvalue weighted by atomic mass is 10.1. The van der Waals surface area contributed by atoms with Crippen molar-refractivity contribution in [1.29, 1.82) is 0 Å². The average Bonchev–Trinajstić information content (AvgIpc) is 3.29. The quantitative estimate of drug-likeness (QED) is 0.452. The van der Waals surface area contributed by atoms with Gasteiger partial charge in [0.25, 0.3) is 5.91 Å². The molecule has 4 aromatic rings. The van der Waals surface area contributed by atoms with Crippen molar-refractivity contribution in [3.63, 3.8) is 0 Å². The van der Waals surface area contributed by atoms with Crippen molar-refractivity contribution in [3.8, 4) is 11.3 Å². The molecule has 1 aliphatic rings. The van der Waals surface area contributed by atoms with Crippen LogP contribution in [0.15, 0.2) is 78.1 Å². The Labute approximate surface area is 195 Å². The van der Waals surface area contributed by atoms with Crippen molar-refractivity contribution in [2.75, 3.05) is 25.0 Å². The Hall–Kier alpha value is -4.09. The summed E-state index contributed by atoms with van der Waals surface area (Å²) in [6.45, 7) is 0.259. The fraction of sp³-hybridized carbons (Fsp3) is 0.130. The second-order valence-electron chi connectivity index (χ2n) is 7.70. The first-order chi connectivity index (χ1) is 16.4. The number of imidazole rings is 1. The fourth-order valence-corrected chi connectivity index (χ4v) is 5.04. The highest BCUT2D eigenvalue weighted by Gasteiger charge is 2.29. The largest absolute Gasteiger partial charge is 0.354 e. The number of hydrogen-bond acceptors (Lipinski definition) is 6. The molecule has 3 heterocycles. The van der Waals surface area contributed by atoms with Crippen LogP contribution in [0.1, 0.15) is 10.4 Å². The number of amides is 2. The lowest BCUT2D eigenvalue weighted by molar-refractivity contribution is -0.122. The van der Waals surface area contributed by atoms with Crippen molar-refractivity contribution in [2.45, 2.75) is 4.90 Å². The summed E-state index contributed by atoms with van der Waals surface area (Å²) in [4.78, 5) is 32.9. The van der Waals surface area contributed by atoms with Crippen LogP contribution in [0, 0.1) is 0 Å². The maximum atomic E-state index is 12.7. The van der Waals surface area contributed by atoms with Gasteiger partial charge in [-0.1, -0.05) is 12.1 Å². The zero-order valence-electron chi connectivity index (χ0n) is 17.9. The number of rotatable bonds is 5. The van der Waals surface area contributed by atoms with Crippen molar-refractivity contribution in [2.24, 2.45) is 0 Å². The Kier molecular flexibility index (Phi) is 5.56. The van der Waals surface area contributed by atoms with E-state index in [0.717, 1.165) is 15.6 Å². The summed E-state index contributed by atoms with van der Waals surface area (Å²) >= 11 is 0. The third-order valence-corrected chi connectivity index (χ3v) is 7.29. The molecule has 0 spiro atoms. The molecule has 2 aromatic carbocycles. The second kappa shape index (κ2) is 8.69. The molecule has 10 nitrogen and oxygen atoms in total. The van der Waals surface area contributed by atoms with Gasteiger partial charge in [0, 0.05) is 48.5 Å². The van der Waals surface area contributed by atoms with E-state index in [-0.39, 0.29) is 36.3 Å². The van der Waals surface area contributed by atoms with Gasteiger partial charge in [-0.15, -0.1) is 0 Å². The lowest BCUT2D eigenvalue weighted by Crippen LogP contribution is -2.49. The van der Waals surface area contributed by atoms with Crippen molar-refractivity contribution in [1.82, 2.24) is 24.0 Å². The highest BCUT2D eigenvalue weighted by molar-refractivity contribution is 7.89. The van der Waals surface area contributed by atoms with Gasteiger partial charge in [0.2, 0.25) is 21.7 Å². The zero-order chi connectivity index (χ0) is 23.7. The highest BCUT2D eigenvalue weighted by atomic mass is 32.2. The molecule has 1 saturated heterocycles. The third kappa shape index (κ3) is 4.26. The van der Waals surface area contributed by atoms with Gasteiger partial charge >= 0.3 is 0 Å². The zero-order valence-corrected chi connectivity index (χ0v) is 18.7. The number of nitrogens with zero attached hydrogens (tertiary/aromatic N) is 4. The summed E-state index contributed by atoms with van der Waals surface area (Å²) in [6.07, 6.45) is 5.42. The van der Waals surface area contributed by atoms with Crippen LogP contribution in [-0.2, 0) is 14.8 Å². The van der Waals surface area contributed by atoms with Crippen molar-refractivity contribution in [3.05, 3.63) is 78.8 Å². The lowest BCUT2D eigenvalue weighted by Gasteiger charge is -2.25. The number of sulfonamides is 1. The standard InChI is InChI=1S/C23H20N6O4S/c30-21-15-29(13-11-24-21)34(32,33)19-8-4-17(5-9-19)22(31)26-18-6-2-16(3-7-18)20-14-28-12-1-10-25-23(28)27-20/h1-10,12,14H,11,13,15H2,(H,24,30)(H,26,31). The minimum atomic E-state index is -3.81. The molecule has 0 unspecified atom stereocenters. The minimum Gasteiger partial charge on any atom is -0.354 e. The van der Waals surface area contributed by atoms with Gasteiger partial charge in [0.15, 0.2) is 0 Å². The summed E-state index contributed by atoms with van der Waals surface area (Å²) in [7, 11) is -3.81. The van der Waals surface area contributed by atoms with Crippen LogP contribution < -0.4 is 10.6 Å². The SMILES string of the molecule is O=C1CN(S(=O)(=O)c2ccc(C(=O)Nc3ccc(-c4cn5cccnc5n4)cc3)cc2)CCN1. The maximum Gasteiger partial charge on any atom is 0.255 e. The molecule has 0 radical (unpaired) electrons. The topological polar surface area (TPSA) is 126 Å². The molecule has 2 aromatic heterocycles. The summed E-state index contributed by atoms with van der Waals surface area (Å²) in [6, 6.07) is 14.7. The molecular formula is C23H20N6O4S. The second-order valence-corrected chi connectivity index (χ2v) is 9.64. The Balaban J connectivity index is 1.27. The molecule has 1 fully saturated rings. The van der Waals surface area contributed by atoms with E-state index >= 15 is 0 Å². The van der Waals surface area contributed by atoms with Crippen LogP contribution in [-0.4, -0.2) is 58.5 Å². The molecule has 0 atom stereocenters. The first-order valence-corrected chi connectivity index (χ1v) is 11.9. The number of carbonyl (C=O) groups is 2. The minimum absolute atomic E-state index is 0.0325. The molecule has 34 heavy (non-hydrogen) atoms. The Bertz CT molecular complexity index is 1450. The first-order valence-electron chi connectivity index (χ1n) is 10.5. The number of aromatic nitrogens is 3. The molecule has 2 amide bonds. The van der Waals surface area contributed by atoms with Crippen LogP contribution in [0.4, 0.5) is 5.69 Å². The number of anilines is 1. The summed E-state index contributed by atoms with van der Waals surface area (Å²) in [5, 5.41) is 5.40. The predicted molar refractivity (Wildman–Crippen MR) is 125 cm³/mol. The number of nitrogens with one attached hydrogen (secondary N) is 2. The van der Waals surface area contributed by atoms with Gasteiger partial charge in [0.05, 0.1) is 17.1 Å².